The number of aliphatic hydroxyl groups excluding tert-OH is 3. The minimum atomic E-state index is -1.30. The predicted octanol–water partition coefficient (Wildman–Crippen LogP) is 3.40. The van der Waals surface area contributed by atoms with Gasteiger partial charge in [0.2, 0.25) is 0 Å². The molecule has 1 unspecified atom stereocenters. The van der Waals surface area contributed by atoms with Crippen molar-refractivity contribution in [2.75, 3.05) is 0 Å². The van der Waals surface area contributed by atoms with Crippen molar-refractivity contribution in [3.63, 3.8) is 0 Å². The zero-order valence-corrected chi connectivity index (χ0v) is 20.2. The molecule has 1 aliphatic rings. The van der Waals surface area contributed by atoms with Crippen LogP contribution in [0.2, 0.25) is 0 Å². The molecule has 3 N–H and O–H groups in total. The summed E-state index contributed by atoms with van der Waals surface area (Å²) in [5.41, 5.74) is 0.736. The Labute approximate surface area is 197 Å². The van der Waals surface area contributed by atoms with Gasteiger partial charge in [-0.2, -0.15) is 0 Å². The van der Waals surface area contributed by atoms with Gasteiger partial charge in [0.25, 0.3) is 0 Å². The van der Waals surface area contributed by atoms with Crippen molar-refractivity contribution in [3.05, 3.63) is 54.1 Å². The van der Waals surface area contributed by atoms with Crippen molar-refractivity contribution in [1.82, 2.24) is 0 Å². The highest BCUT2D eigenvalue weighted by molar-refractivity contribution is 5.89. The second-order valence-corrected chi connectivity index (χ2v) is 9.61. The summed E-state index contributed by atoms with van der Waals surface area (Å²) in [6.07, 6.45) is -0.308. The van der Waals surface area contributed by atoms with E-state index < -0.39 is 48.1 Å². The second-order valence-electron chi connectivity index (χ2n) is 9.61. The summed E-state index contributed by atoms with van der Waals surface area (Å²) in [7, 11) is 0. The van der Waals surface area contributed by atoms with E-state index in [4.69, 9.17) is 4.74 Å². The van der Waals surface area contributed by atoms with Crippen molar-refractivity contribution in [3.8, 4) is 0 Å². The van der Waals surface area contributed by atoms with Crippen LogP contribution in [-0.4, -0.2) is 51.5 Å². The van der Waals surface area contributed by atoms with Crippen molar-refractivity contribution in [2.45, 2.75) is 65.5 Å². The lowest BCUT2D eigenvalue weighted by molar-refractivity contribution is -0.149. The molecule has 1 saturated heterocycles. The maximum atomic E-state index is 13.0. The summed E-state index contributed by atoms with van der Waals surface area (Å²) in [5.74, 6) is -3.55. The molecule has 1 aromatic carbocycles. The summed E-state index contributed by atoms with van der Waals surface area (Å²) in [4.78, 5) is 25.9. The fraction of sp³-hybridized carbons (Fsp3) is 0.556. The van der Waals surface area contributed by atoms with Gasteiger partial charge in [0, 0.05) is 23.7 Å². The number of carbonyl (C=O) groups excluding carboxylic acids is 2. The molecule has 0 spiro atoms. The van der Waals surface area contributed by atoms with E-state index in [2.05, 4.69) is 6.58 Å². The number of ketones is 1. The van der Waals surface area contributed by atoms with Crippen molar-refractivity contribution in [1.29, 1.82) is 0 Å². The fourth-order valence-electron chi connectivity index (χ4n) is 4.51. The first-order valence-electron chi connectivity index (χ1n) is 11.7. The van der Waals surface area contributed by atoms with E-state index >= 15 is 0 Å². The van der Waals surface area contributed by atoms with E-state index in [0.29, 0.717) is 6.42 Å². The van der Waals surface area contributed by atoms with E-state index in [0.717, 1.165) is 5.56 Å². The molecule has 0 aliphatic carbocycles. The van der Waals surface area contributed by atoms with E-state index in [-0.39, 0.29) is 23.2 Å². The Hall–Kier alpha value is -2.28. The van der Waals surface area contributed by atoms with E-state index in [9.17, 15) is 24.9 Å². The van der Waals surface area contributed by atoms with Crippen LogP contribution in [0.5, 0.6) is 0 Å². The van der Waals surface area contributed by atoms with Crippen LogP contribution in [0.15, 0.2) is 48.6 Å². The van der Waals surface area contributed by atoms with Crippen LogP contribution in [0, 0.1) is 29.6 Å². The number of Topliss-reactive ketones (excluding diaryl/α,β-unsaturated/α-hetero) is 1. The molecule has 182 valence electrons. The Bertz CT molecular complexity index is 847. The molecule has 1 fully saturated rings. The highest BCUT2D eigenvalue weighted by atomic mass is 16.5. The quantitative estimate of drug-likeness (QED) is 0.464. The number of cyclic esters (lactones) is 1. The lowest BCUT2D eigenvalue weighted by atomic mass is 9.77. The Morgan fingerprint density at radius 2 is 1.55 bits per heavy atom. The highest BCUT2D eigenvalue weighted by Crippen LogP contribution is 2.30. The van der Waals surface area contributed by atoms with Crippen molar-refractivity contribution >= 4 is 17.8 Å². The largest absolute Gasteiger partial charge is 0.454 e. The molecule has 6 heteroatoms. The Balaban J connectivity index is 2.42. The summed E-state index contributed by atoms with van der Waals surface area (Å²) in [5, 5.41) is 32.4. The number of benzene rings is 1. The number of ether oxygens (including phenoxy) is 1. The van der Waals surface area contributed by atoms with Gasteiger partial charge in [-0.1, -0.05) is 77.6 Å². The minimum Gasteiger partial charge on any atom is -0.454 e. The van der Waals surface area contributed by atoms with Gasteiger partial charge in [-0.25, -0.2) is 4.79 Å². The van der Waals surface area contributed by atoms with Gasteiger partial charge in [-0.3, -0.25) is 4.79 Å². The molecular weight excluding hydrogens is 420 g/mol. The van der Waals surface area contributed by atoms with Gasteiger partial charge < -0.3 is 20.1 Å². The monoisotopic (exact) mass is 458 g/mol. The van der Waals surface area contributed by atoms with Crippen LogP contribution >= 0.6 is 0 Å². The van der Waals surface area contributed by atoms with Crippen molar-refractivity contribution < 1.29 is 29.6 Å². The third-order valence-corrected chi connectivity index (χ3v) is 6.99. The normalized spacial score (nSPS) is 37.6. The smallest absolute Gasteiger partial charge is 0.336 e. The number of aliphatic hydroxyl groups is 3. The van der Waals surface area contributed by atoms with Gasteiger partial charge in [0.05, 0.1) is 23.9 Å². The topological polar surface area (TPSA) is 104 Å². The van der Waals surface area contributed by atoms with Crippen LogP contribution in [0.25, 0.3) is 6.08 Å². The third-order valence-electron chi connectivity index (χ3n) is 6.99. The summed E-state index contributed by atoms with van der Waals surface area (Å²) >= 11 is 0. The van der Waals surface area contributed by atoms with E-state index in [1.54, 1.807) is 46.8 Å². The molecule has 0 amide bonds. The number of hydrogen-bond donors (Lipinski definition) is 3. The van der Waals surface area contributed by atoms with Gasteiger partial charge in [-0.05, 0) is 24.0 Å². The SMILES string of the molecule is C=C1C(=O)O[C@H](/C=C/c2ccccc2)[C@H](C)[C@H](O)C(C)C(=O)[C@H](C)C[C@H](C)[C@H](O)[C@@H](C)[C@@H]1O. The van der Waals surface area contributed by atoms with Crippen LogP contribution in [-0.2, 0) is 14.3 Å². The number of carbonyl (C=O) groups is 2. The molecule has 1 aliphatic heterocycles. The highest BCUT2D eigenvalue weighted by Gasteiger charge is 2.38. The zero-order chi connectivity index (χ0) is 24.9. The molecule has 6 nitrogen and oxygen atoms in total. The average molecular weight is 459 g/mol. The molecule has 0 aromatic heterocycles. The lowest BCUT2D eigenvalue weighted by Crippen LogP contribution is -2.43. The molecular formula is C27H38O6. The van der Waals surface area contributed by atoms with E-state index in [1.807, 2.05) is 30.3 Å². The third kappa shape index (κ3) is 6.62. The Kier molecular flexibility index (Phi) is 9.58. The molecule has 0 bridgehead atoms. The number of hydrogen-bond acceptors (Lipinski definition) is 6. The summed E-state index contributed by atoms with van der Waals surface area (Å²) < 4.78 is 5.67. The molecule has 0 radical (unpaired) electrons. The first-order valence-corrected chi connectivity index (χ1v) is 11.7. The summed E-state index contributed by atoms with van der Waals surface area (Å²) in [6, 6.07) is 9.44. The lowest BCUT2D eigenvalue weighted by Gasteiger charge is -2.34. The molecule has 9 atom stereocenters. The summed E-state index contributed by atoms with van der Waals surface area (Å²) in [6.45, 7) is 12.4. The molecule has 1 heterocycles. The Morgan fingerprint density at radius 3 is 2.15 bits per heavy atom. The first-order chi connectivity index (χ1) is 15.5. The van der Waals surface area contributed by atoms with E-state index in [1.165, 1.54) is 0 Å². The van der Waals surface area contributed by atoms with Gasteiger partial charge in [0.15, 0.2) is 0 Å². The number of rotatable bonds is 2. The Morgan fingerprint density at radius 1 is 0.939 bits per heavy atom. The van der Waals surface area contributed by atoms with Crippen LogP contribution < -0.4 is 0 Å². The zero-order valence-electron chi connectivity index (χ0n) is 20.2. The second kappa shape index (κ2) is 11.7. The molecule has 1 aromatic rings. The van der Waals surface area contributed by atoms with Crippen LogP contribution in [0.3, 0.4) is 0 Å². The number of esters is 1. The predicted molar refractivity (Wildman–Crippen MR) is 128 cm³/mol. The minimum absolute atomic E-state index is 0.111. The van der Waals surface area contributed by atoms with Gasteiger partial charge in [0.1, 0.15) is 11.9 Å². The van der Waals surface area contributed by atoms with Gasteiger partial charge in [-0.15, -0.1) is 0 Å². The van der Waals surface area contributed by atoms with Crippen molar-refractivity contribution in [2.24, 2.45) is 29.6 Å². The fourth-order valence-corrected chi connectivity index (χ4v) is 4.51. The maximum absolute atomic E-state index is 13.0. The first kappa shape index (κ1) is 27.0. The average Bonchev–Trinajstić information content (AvgIpc) is 2.82. The standard InChI is InChI=1S/C27H38O6/c1-15-14-16(2)24(29)19(5)26(31)20(6)27(32)33-22(13-12-21-10-8-7-9-11-21)17(3)25(30)18(4)23(15)28/h7-13,15-19,22,24-26,29-31H,6,14H2,1-5H3/b13-12+/t15-,16+,17+,18?,19-,22-,24+,25+,26+/m1/s1. The van der Waals surface area contributed by atoms with Crippen LogP contribution in [0.1, 0.15) is 46.6 Å². The van der Waals surface area contributed by atoms with Crippen LogP contribution in [0.4, 0.5) is 0 Å². The van der Waals surface area contributed by atoms with Gasteiger partial charge >= 0.3 is 5.97 Å². The molecule has 2 rings (SSSR count). The molecule has 33 heavy (non-hydrogen) atoms. The maximum Gasteiger partial charge on any atom is 0.336 e. The molecule has 0 saturated carbocycles.